The number of phosphoric acid groups is 3. The molecule has 78 heavy (non-hydrogen) atoms. The number of anilines is 1. The molecule has 2 aromatic heterocycles. The molecule has 7 unspecified atom stereocenters. The van der Waals surface area contributed by atoms with E-state index in [0.29, 0.717) is 19.3 Å². The van der Waals surface area contributed by atoms with Crippen LogP contribution in [0.25, 0.3) is 22.2 Å². The topological polar surface area (TPSA) is 466 Å². The molecule has 35 heteroatoms. The summed E-state index contributed by atoms with van der Waals surface area (Å²) in [6.07, 6.45) is -3.50. The molecule has 3 heterocycles. The molecule has 4 aromatic rings. The normalized spacial score (nSPS) is 18.4. The van der Waals surface area contributed by atoms with E-state index in [4.69, 9.17) is 30.1 Å². The van der Waals surface area contributed by atoms with Crippen LogP contribution in [0.1, 0.15) is 73.8 Å². The molecule has 2 aliphatic rings. The highest BCUT2D eigenvalue weighted by Crippen LogP contribution is 2.66. The average molecular weight is 1190 g/mol. The number of aliphatic hydroxyl groups is 1. The SMILES string of the molecule is Nc1nc2c(c(CNC(=O)CCSSCC(NC(=O)OCC3c4ccccc4-c4ccccc43)C(=O)NCCCCCC(=O)NC(CC(=O)O)C(=O)O)cn2C2CC(O)C(COP(=O)(O)OP(=O)(O)OP(=O)(O)O)O2)c(=O)[nH]1. The Morgan fingerprint density at radius 2 is 1.53 bits per heavy atom. The maximum Gasteiger partial charge on any atom is 0.490 e. The molecule has 1 saturated heterocycles. The van der Waals surface area contributed by atoms with Crippen molar-refractivity contribution in [1.29, 1.82) is 0 Å². The van der Waals surface area contributed by atoms with Gasteiger partial charge in [-0.05, 0) is 35.1 Å². The Morgan fingerprint density at radius 3 is 2.18 bits per heavy atom. The van der Waals surface area contributed by atoms with Crippen molar-refractivity contribution in [3.8, 4) is 11.1 Å². The summed E-state index contributed by atoms with van der Waals surface area (Å²) in [7, 11) is -14.6. The minimum absolute atomic E-state index is 0.0213. The third-order valence-electron chi connectivity index (χ3n) is 11.7. The number of nitrogens with zero attached hydrogens (tertiary/aromatic N) is 2. The van der Waals surface area contributed by atoms with E-state index in [1.165, 1.54) is 32.4 Å². The van der Waals surface area contributed by atoms with Crippen molar-refractivity contribution < 1.29 is 100.0 Å². The summed E-state index contributed by atoms with van der Waals surface area (Å²) < 4.78 is 59.7. The van der Waals surface area contributed by atoms with Crippen LogP contribution in [-0.4, -0.2) is 141 Å². The van der Waals surface area contributed by atoms with Crippen molar-refractivity contribution in [2.24, 2.45) is 0 Å². The number of carboxylic acid groups (broad SMARTS) is 2. The standard InChI is InChI=1S/C43H55N8O22P3S2/c44-42-49-38-37(40(58)50-42)23(19-51(38)35-17-31(52)32(71-35)21-70-75(65,66)73-76(67,68)72-74(62,63)64)18-46-33(53)13-15-77-78-22-30(39(57)45-14-7-1-2-12-34(54)47-29(41(59)60)16-36(55)56)48-43(61)69-20-28-26-10-5-3-8-24(26)25-9-4-6-11-27(25)28/h3-6,8-11,19,28-32,35,52H,1-2,7,12-18,20-22H2,(H,45,57)(H,46,53)(H,47,54)(H,48,61)(H,55,56)(H,59,60)(H,65,66)(H,67,68)(H2,62,63,64)(H3,44,49,50,58). The molecule has 7 atom stereocenters. The van der Waals surface area contributed by atoms with Gasteiger partial charge in [0.2, 0.25) is 23.7 Å². The number of fused-ring (bicyclic) bond motifs is 4. The molecule has 6 rings (SSSR count). The number of carboxylic acids is 2. The second kappa shape index (κ2) is 27.5. The number of phosphoric ester groups is 1. The number of carbonyl (C=O) groups is 6. The monoisotopic (exact) mass is 1190 g/mol. The first-order valence-electron chi connectivity index (χ1n) is 23.4. The molecular formula is C43H55N8O22P3S2. The third-order valence-corrected chi connectivity index (χ3v) is 17.9. The summed E-state index contributed by atoms with van der Waals surface area (Å²) in [5.74, 6) is -4.85. The Kier molecular flexibility index (Phi) is 21.7. The molecule has 30 nitrogen and oxygen atoms in total. The maximum atomic E-state index is 13.5. The molecule has 426 valence electrons. The lowest BCUT2D eigenvalue weighted by atomic mass is 9.98. The highest BCUT2D eigenvalue weighted by molar-refractivity contribution is 8.76. The number of unbranched alkanes of at least 4 members (excludes halogenated alkanes) is 2. The van der Waals surface area contributed by atoms with E-state index in [2.05, 4.69) is 44.4 Å². The lowest BCUT2D eigenvalue weighted by Gasteiger charge is -2.19. The van der Waals surface area contributed by atoms with E-state index in [1.54, 1.807) is 0 Å². The van der Waals surface area contributed by atoms with Crippen LogP contribution in [0, 0.1) is 0 Å². The summed E-state index contributed by atoms with van der Waals surface area (Å²) in [6.45, 7) is -1.07. The number of amides is 4. The van der Waals surface area contributed by atoms with Gasteiger partial charge in [0.25, 0.3) is 5.56 Å². The summed E-state index contributed by atoms with van der Waals surface area (Å²) in [4.78, 5) is 131. The van der Waals surface area contributed by atoms with Gasteiger partial charge in [-0.1, -0.05) is 76.5 Å². The quantitative estimate of drug-likeness (QED) is 0.0202. The zero-order valence-electron chi connectivity index (χ0n) is 40.7. The van der Waals surface area contributed by atoms with Gasteiger partial charge < -0.3 is 75.9 Å². The number of H-pyrrole nitrogens is 1. The van der Waals surface area contributed by atoms with E-state index in [0.717, 1.165) is 22.3 Å². The van der Waals surface area contributed by atoms with Crippen molar-refractivity contribution in [2.75, 3.05) is 37.0 Å². The number of hydrogen-bond acceptors (Lipinski definition) is 20. The number of nitrogen functional groups attached to an aromatic ring is 1. The van der Waals surface area contributed by atoms with Gasteiger partial charge in [-0.2, -0.15) is 13.6 Å². The number of nitrogens with two attached hydrogens (primary N) is 1. The smallest absolute Gasteiger partial charge is 0.481 e. The number of hydrogen-bond donors (Lipinski definition) is 13. The Bertz CT molecular complexity index is 3030. The van der Waals surface area contributed by atoms with E-state index < -0.39 is 108 Å². The van der Waals surface area contributed by atoms with Crippen LogP contribution in [0.15, 0.2) is 59.5 Å². The van der Waals surface area contributed by atoms with Crippen molar-refractivity contribution in [3.05, 3.63) is 81.8 Å². The van der Waals surface area contributed by atoms with Crippen LogP contribution < -0.4 is 32.6 Å². The zero-order valence-corrected chi connectivity index (χ0v) is 45.1. The number of aromatic amines is 1. The fourth-order valence-electron chi connectivity index (χ4n) is 8.23. The summed E-state index contributed by atoms with van der Waals surface area (Å²) in [6, 6.07) is 12.8. The van der Waals surface area contributed by atoms with Gasteiger partial charge in [0.15, 0.2) is 5.65 Å². The first-order chi connectivity index (χ1) is 36.8. The van der Waals surface area contributed by atoms with Gasteiger partial charge in [0, 0.05) is 61.5 Å². The summed E-state index contributed by atoms with van der Waals surface area (Å²) in [5, 5.41) is 39.0. The average Bonchev–Trinajstić information content (AvgIpc) is 4.14. The number of benzene rings is 2. The number of rotatable bonds is 30. The predicted octanol–water partition coefficient (Wildman–Crippen LogP) is 2.31. The number of carbonyl (C=O) groups excluding carboxylic acids is 4. The Morgan fingerprint density at radius 1 is 0.846 bits per heavy atom. The molecular weight excluding hydrogens is 1140 g/mol. The van der Waals surface area contributed by atoms with Gasteiger partial charge >= 0.3 is 41.5 Å². The van der Waals surface area contributed by atoms with Gasteiger partial charge in [-0.15, -0.1) is 0 Å². The van der Waals surface area contributed by atoms with Gasteiger partial charge in [0.1, 0.15) is 31.0 Å². The maximum absolute atomic E-state index is 13.5. The minimum atomic E-state index is -5.82. The molecule has 1 aliphatic heterocycles. The predicted molar refractivity (Wildman–Crippen MR) is 276 cm³/mol. The van der Waals surface area contributed by atoms with E-state index in [1.807, 2.05) is 48.5 Å². The molecule has 1 fully saturated rings. The van der Waals surface area contributed by atoms with E-state index in [-0.39, 0.29) is 78.9 Å². The molecule has 14 N–H and O–H groups in total. The molecule has 0 saturated carbocycles. The van der Waals surface area contributed by atoms with Crippen LogP contribution in [0.2, 0.25) is 0 Å². The van der Waals surface area contributed by atoms with Gasteiger partial charge in [-0.25, -0.2) is 23.3 Å². The van der Waals surface area contributed by atoms with Crippen LogP contribution >= 0.6 is 45.1 Å². The molecule has 0 spiro atoms. The van der Waals surface area contributed by atoms with Crippen LogP contribution in [0.3, 0.4) is 0 Å². The van der Waals surface area contributed by atoms with Crippen molar-refractivity contribution >= 4 is 97.8 Å². The highest BCUT2D eigenvalue weighted by Gasteiger charge is 2.43. The van der Waals surface area contributed by atoms with Crippen molar-refractivity contribution in [1.82, 2.24) is 35.8 Å². The third kappa shape index (κ3) is 17.9. The fourth-order valence-corrected chi connectivity index (χ4v) is 13.4. The second-order valence-corrected chi connectivity index (χ2v) is 24.4. The fraction of sp³-hybridized carbons (Fsp3) is 0.442. The number of ether oxygens (including phenoxy) is 2. The Labute approximate surface area is 449 Å². The Hall–Kier alpha value is -5.69. The second-order valence-electron chi connectivity index (χ2n) is 17.3. The van der Waals surface area contributed by atoms with Crippen molar-refractivity contribution in [3.63, 3.8) is 0 Å². The Balaban J connectivity index is 1.00. The number of aliphatic hydroxyl groups excluding tert-OH is 1. The lowest BCUT2D eigenvalue weighted by Crippen LogP contribution is -2.48. The largest absolute Gasteiger partial charge is 0.490 e. The van der Waals surface area contributed by atoms with E-state index >= 15 is 0 Å². The summed E-state index contributed by atoms with van der Waals surface area (Å²) >= 11 is 0. The first-order valence-corrected chi connectivity index (χ1v) is 30.5. The molecule has 4 amide bonds. The van der Waals surface area contributed by atoms with Crippen LogP contribution in [-0.2, 0) is 66.8 Å². The van der Waals surface area contributed by atoms with Gasteiger partial charge in [-0.3, -0.25) is 33.5 Å². The first kappa shape index (κ1) is 61.5. The molecule has 0 bridgehead atoms. The van der Waals surface area contributed by atoms with Crippen molar-refractivity contribution in [2.45, 2.75) is 87.9 Å². The molecule has 1 aliphatic carbocycles. The zero-order chi connectivity index (χ0) is 57.0. The number of alkyl carbamates (subject to hydrolysis) is 1. The number of nitrogens with one attached hydrogen (secondary N) is 5. The number of aromatic nitrogens is 3. The number of aliphatic carboxylic acids is 2. The van der Waals surface area contributed by atoms with Gasteiger partial charge in [0.05, 0.1) is 24.5 Å². The minimum Gasteiger partial charge on any atom is -0.481 e. The highest BCUT2D eigenvalue weighted by atomic mass is 33.1. The molecule has 2 aromatic carbocycles. The van der Waals surface area contributed by atoms with Crippen LogP contribution in [0.4, 0.5) is 10.7 Å². The molecule has 0 radical (unpaired) electrons. The van der Waals surface area contributed by atoms with E-state index in [9.17, 15) is 67.3 Å². The summed E-state index contributed by atoms with van der Waals surface area (Å²) in [5.41, 5.74) is 9.30. The van der Waals surface area contributed by atoms with Crippen LogP contribution in [0.5, 0.6) is 0 Å². The lowest BCUT2D eigenvalue weighted by molar-refractivity contribution is -0.147.